The molecular weight excluding hydrogens is 368 g/mol. The SMILES string of the molecule is COc1cc(CC(=O)N=c2ccccn2Cc2ccccc2)cc(OC)c1OC. The van der Waals surface area contributed by atoms with Gasteiger partial charge < -0.3 is 18.8 Å². The first-order valence-electron chi connectivity index (χ1n) is 9.20. The average Bonchev–Trinajstić information content (AvgIpc) is 2.75. The first-order valence-corrected chi connectivity index (χ1v) is 9.20. The highest BCUT2D eigenvalue weighted by Gasteiger charge is 2.14. The molecule has 0 aliphatic heterocycles. The summed E-state index contributed by atoms with van der Waals surface area (Å²) in [6.07, 6.45) is 2.04. The normalized spacial score (nSPS) is 11.2. The highest BCUT2D eigenvalue weighted by Crippen LogP contribution is 2.38. The number of carbonyl (C=O) groups excluding carboxylic acids is 1. The molecule has 0 saturated heterocycles. The van der Waals surface area contributed by atoms with E-state index in [9.17, 15) is 4.79 Å². The number of ether oxygens (including phenoxy) is 3. The molecule has 3 aromatic rings. The van der Waals surface area contributed by atoms with Crippen molar-refractivity contribution in [3.8, 4) is 17.2 Å². The number of aromatic nitrogens is 1. The van der Waals surface area contributed by atoms with Crippen molar-refractivity contribution in [3.05, 3.63) is 83.5 Å². The second-order valence-electron chi connectivity index (χ2n) is 6.39. The Labute approximate surface area is 170 Å². The summed E-state index contributed by atoms with van der Waals surface area (Å²) in [5.41, 5.74) is 2.48. The Kier molecular flexibility index (Phi) is 6.68. The quantitative estimate of drug-likeness (QED) is 0.619. The van der Waals surface area contributed by atoms with Crippen LogP contribution < -0.4 is 19.7 Å². The van der Waals surface area contributed by atoms with E-state index in [-0.39, 0.29) is 12.3 Å². The summed E-state index contributed by atoms with van der Waals surface area (Å²) >= 11 is 0. The van der Waals surface area contributed by atoms with Gasteiger partial charge in [-0.25, -0.2) is 0 Å². The summed E-state index contributed by atoms with van der Waals surface area (Å²) in [5, 5.41) is 0. The van der Waals surface area contributed by atoms with Gasteiger partial charge in [0.15, 0.2) is 11.5 Å². The second-order valence-corrected chi connectivity index (χ2v) is 6.39. The predicted molar refractivity (Wildman–Crippen MR) is 110 cm³/mol. The van der Waals surface area contributed by atoms with Gasteiger partial charge in [0.2, 0.25) is 5.75 Å². The number of benzene rings is 2. The summed E-state index contributed by atoms with van der Waals surface area (Å²) in [5.74, 6) is 1.25. The second kappa shape index (κ2) is 9.59. The number of methoxy groups -OCH3 is 3. The summed E-state index contributed by atoms with van der Waals surface area (Å²) in [7, 11) is 4.63. The van der Waals surface area contributed by atoms with Gasteiger partial charge in [0.25, 0.3) is 5.91 Å². The molecule has 0 saturated carbocycles. The Morgan fingerprint density at radius 3 is 2.14 bits per heavy atom. The van der Waals surface area contributed by atoms with Crippen LogP contribution in [0.25, 0.3) is 0 Å². The van der Waals surface area contributed by atoms with E-state index in [1.165, 1.54) is 0 Å². The number of nitrogens with zero attached hydrogens (tertiary/aromatic N) is 2. The fourth-order valence-corrected chi connectivity index (χ4v) is 3.06. The van der Waals surface area contributed by atoms with Gasteiger partial charge in [-0.3, -0.25) is 4.79 Å². The van der Waals surface area contributed by atoms with Crippen molar-refractivity contribution < 1.29 is 19.0 Å². The Morgan fingerprint density at radius 1 is 0.862 bits per heavy atom. The fourth-order valence-electron chi connectivity index (χ4n) is 3.06. The highest BCUT2D eigenvalue weighted by molar-refractivity contribution is 5.80. The predicted octanol–water partition coefficient (Wildman–Crippen LogP) is 3.23. The molecule has 0 spiro atoms. The maximum Gasteiger partial charge on any atom is 0.252 e. The number of pyridine rings is 1. The largest absolute Gasteiger partial charge is 0.493 e. The lowest BCUT2D eigenvalue weighted by Crippen LogP contribution is -2.22. The summed E-state index contributed by atoms with van der Waals surface area (Å²) < 4.78 is 18.0. The van der Waals surface area contributed by atoms with Crippen LogP contribution in [0.4, 0.5) is 0 Å². The Morgan fingerprint density at radius 2 is 1.52 bits per heavy atom. The molecule has 1 aromatic heterocycles. The van der Waals surface area contributed by atoms with Crippen molar-refractivity contribution in [3.63, 3.8) is 0 Å². The van der Waals surface area contributed by atoms with Crippen molar-refractivity contribution in [2.45, 2.75) is 13.0 Å². The van der Waals surface area contributed by atoms with Gasteiger partial charge in [-0.05, 0) is 35.4 Å². The van der Waals surface area contributed by atoms with Gasteiger partial charge in [-0.1, -0.05) is 36.4 Å². The molecule has 1 heterocycles. The molecule has 0 aliphatic rings. The van der Waals surface area contributed by atoms with Crippen LogP contribution in [0.1, 0.15) is 11.1 Å². The number of carbonyl (C=O) groups is 1. The molecule has 0 bridgehead atoms. The minimum atomic E-state index is -0.257. The van der Waals surface area contributed by atoms with Crippen LogP contribution in [0.2, 0.25) is 0 Å². The Balaban J connectivity index is 1.87. The molecule has 1 amide bonds. The first kappa shape index (κ1) is 20.2. The lowest BCUT2D eigenvalue weighted by atomic mass is 10.1. The minimum absolute atomic E-state index is 0.122. The smallest absolute Gasteiger partial charge is 0.252 e. The third-order valence-corrected chi connectivity index (χ3v) is 4.43. The number of rotatable bonds is 7. The van der Waals surface area contributed by atoms with Crippen LogP contribution in [0.5, 0.6) is 17.2 Å². The van der Waals surface area contributed by atoms with Gasteiger partial charge in [0, 0.05) is 12.7 Å². The molecular formula is C23H24N2O4. The molecule has 3 rings (SSSR count). The number of hydrogen-bond donors (Lipinski definition) is 0. The van der Waals surface area contributed by atoms with Crippen LogP contribution >= 0.6 is 0 Å². The molecule has 29 heavy (non-hydrogen) atoms. The van der Waals surface area contributed by atoms with E-state index < -0.39 is 0 Å². The van der Waals surface area contributed by atoms with Crippen LogP contribution in [0.3, 0.4) is 0 Å². The van der Waals surface area contributed by atoms with Gasteiger partial charge >= 0.3 is 0 Å². The monoisotopic (exact) mass is 392 g/mol. The van der Waals surface area contributed by atoms with E-state index in [4.69, 9.17) is 14.2 Å². The molecule has 150 valence electrons. The maximum absolute atomic E-state index is 12.6. The third-order valence-electron chi connectivity index (χ3n) is 4.43. The number of hydrogen-bond acceptors (Lipinski definition) is 4. The fraction of sp³-hybridized carbons (Fsp3) is 0.217. The molecule has 6 heteroatoms. The van der Waals surface area contributed by atoms with Gasteiger partial charge in [0.05, 0.1) is 27.8 Å². The van der Waals surface area contributed by atoms with Gasteiger partial charge in [-0.2, -0.15) is 4.99 Å². The Bertz CT molecular complexity index is 1020. The van der Waals surface area contributed by atoms with Crippen LogP contribution in [-0.2, 0) is 17.8 Å². The van der Waals surface area contributed by atoms with Crippen molar-refractivity contribution in [2.75, 3.05) is 21.3 Å². The van der Waals surface area contributed by atoms with E-state index in [1.54, 1.807) is 33.5 Å². The third kappa shape index (κ3) is 5.04. The van der Waals surface area contributed by atoms with E-state index in [2.05, 4.69) is 4.99 Å². The lowest BCUT2D eigenvalue weighted by Gasteiger charge is -2.13. The zero-order chi connectivity index (χ0) is 20.6. The van der Waals surface area contributed by atoms with Crippen molar-refractivity contribution in [2.24, 2.45) is 4.99 Å². The van der Waals surface area contributed by atoms with E-state index in [0.29, 0.717) is 29.3 Å². The summed E-state index contributed by atoms with van der Waals surface area (Å²) in [6.45, 7) is 0.637. The molecule has 0 radical (unpaired) electrons. The average molecular weight is 392 g/mol. The van der Waals surface area contributed by atoms with E-state index in [1.807, 2.05) is 59.3 Å². The van der Waals surface area contributed by atoms with Gasteiger partial charge in [-0.15, -0.1) is 0 Å². The van der Waals surface area contributed by atoms with Crippen molar-refractivity contribution >= 4 is 5.91 Å². The minimum Gasteiger partial charge on any atom is -0.493 e. The molecule has 0 N–H and O–H groups in total. The molecule has 6 nitrogen and oxygen atoms in total. The zero-order valence-electron chi connectivity index (χ0n) is 16.8. The van der Waals surface area contributed by atoms with Crippen molar-refractivity contribution in [1.82, 2.24) is 4.57 Å². The maximum atomic E-state index is 12.6. The molecule has 0 atom stereocenters. The lowest BCUT2D eigenvalue weighted by molar-refractivity contribution is -0.117. The van der Waals surface area contributed by atoms with Crippen LogP contribution in [-0.4, -0.2) is 31.8 Å². The standard InChI is InChI=1S/C23H24N2O4/c1-27-19-13-18(14-20(28-2)23(19)29-3)15-22(26)24-21-11-7-8-12-25(21)16-17-9-5-4-6-10-17/h4-14H,15-16H2,1-3H3. The number of amides is 1. The Hall–Kier alpha value is -3.54. The summed E-state index contributed by atoms with van der Waals surface area (Å²) in [6, 6.07) is 19.2. The van der Waals surface area contributed by atoms with Crippen LogP contribution in [0, 0.1) is 0 Å². The van der Waals surface area contributed by atoms with E-state index in [0.717, 1.165) is 11.1 Å². The topological polar surface area (TPSA) is 62.0 Å². The molecule has 0 fully saturated rings. The first-order chi connectivity index (χ1) is 14.1. The van der Waals surface area contributed by atoms with Crippen molar-refractivity contribution in [1.29, 1.82) is 0 Å². The summed E-state index contributed by atoms with van der Waals surface area (Å²) in [4.78, 5) is 17.0. The van der Waals surface area contributed by atoms with E-state index >= 15 is 0 Å². The zero-order valence-corrected chi connectivity index (χ0v) is 16.8. The van der Waals surface area contributed by atoms with Gasteiger partial charge in [0.1, 0.15) is 5.49 Å². The van der Waals surface area contributed by atoms with Crippen LogP contribution in [0.15, 0.2) is 71.9 Å². The molecule has 0 aliphatic carbocycles. The highest BCUT2D eigenvalue weighted by atomic mass is 16.5. The molecule has 2 aromatic carbocycles. The molecule has 0 unspecified atom stereocenters.